The lowest BCUT2D eigenvalue weighted by Gasteiger charge is -2.36. The van der Waals surface area contributed by atoms with E-state index in [1.807, 2.05) is 60.7 Å². The number of hydrogen-bond donors (Lipinski definition) is 4. The highest BCUT2D eigenvalue weighted by Crippen LogP contribution is 2.44. The number of hydrogen-bond acceptors (Lipinski definition) is 5. The third-order valence-electron chi connectivity index (χ3n) is 6.36. The van der Waals surface area contributed by atoms with Gasteiger partial charge in [0.05, 0.1) is 5.41 Å². The molecule has 8 heteroatoms. The molecule has 0 fully saturated rings. The molecule has 1 amide bonds. The highest BCUT2D eigenvalue weighted by Gasteiger charge is 2.38. The molecular formula is C31H31N3O5. The van der Waals surface area contributed by atoms with Crippen molar-refractivity contribution in [3.05, 3.63) is 137 Å². The number of aromatic nitrogens is 1. The summed E-state index contributed by atoms with van der Waals surface area (Å²) in [5.41, 5.74) is 8.47. The van der Waals surface area contributed by atoms with Gasteiger partial charge in [-0.2, -0.15) is 0 Å². The molecule has 0 saturated heterocycles. The number of aromatic carboxylic acids is 1. The van der Waals surface area contributed by atoms with E-state index in [4.69, 9.17) is 10.8 Å². The van der Waals surface area contributed by atoms with E-state index in [-0.39, 0.29) is 18.5 Å². The number of primary amides is 1. The fourth-order valence-electron chi connectivity index (χ4n) is 4.48. The number of nitrogens with two attached hydrogens (primary N) is 1. The zero-order valence-corrected chi connectivity index (χ0v) is 21.5. The Kier molecular flexibility index (Phi) is 10.1. The molecule has 0 aliphatic heterocycles. The maximum absolute atomic E-state index is 11.3. The molecular weight excluding hydrogens is 494 g/mol. The third-order valence-corrected chi connectivity index (χ3v) is 6.36. The molecule has 5 N–H and O–H groups in total. The van der Waals surface area contributed by atoms with Crippen molar-refractivity contribution in [2.75, 3.05) is 7.05 Å². The number of pyridine rings is 1. The maximum atomic E-state index is 11.3. The van der Waals surface area contributed by atoms with E-state index in [0.717, 1.165) is 22.3 Å². The Balaban J connectivity index is 0.000000325. The number of carbonyl (C=O) groups is 3. The molecule has 0 saturated carbocycles. The van der Waals surface area contributed by atoms with Gasteiger partial charge in [-0.15, -0.1) is 0 Å². The van der Waals surface area contributed by atoms with Crippen LogP contribution in [0, 0.1) is 0 Å². The molecule has 39 heavy (non-hydrogen) atoms. The van der Waals surface area contributed by atoms with Crippen LogP contribution >= 0.6 is 0 Å². The topological polar surface area (TPSA) is 143 Å². The van der Waals surface area contributed by atoms with E-state index in [2.05, 4.69) is 46.7 Å². The third kappa shape index (κ3) is 6.94. The summed E-state index contributed by atoms with van der Waals surface area (Å²) in [6.45, 7) is 0. The summed E-state index contributed by atoms with van der Waals surface area (Å²) in [6.07, 6.45) is 2.01. The summed E-state index contributed by atoms with van der Waals surface area (Å²) in [5, 5.41) is 20.3. The monoisotopic (exact) mass is 525 g/mol. The summed E-state index contributed by atoms with van der Waals surface area (Å²) in [6, 6.07) is 33.5. The van der Waals surface area contributed by atoms with Crippen LogP contribution in [-0.2, 0) is 15.0 Å². The van der Waals surface area contributed by atoms with Crippen LogP contribution in [0.5, 0.6) is 0 Å². The van der Waals surface area contributed by atoms with E-state index >= 15 is 0 Å². The van der Waals surface area contributed by atoms with E-state index in [9.17, 15) is 19.5 Å². The number of carbonyl (C=O) groups excluding carboxylic acids is 1. The molecule has 200 valence electrons. The number of nitrogens with one attached hydrogen (secondary N) is 1. The van der Waals surface area contributed by atoms with Crippen LogP contribution in [0.2, 0.25) is 0 Å². The van der Waals surface area contributed by atoms with Gasteiger partial charge in [-0.25, -0.2) is 9.78 Å². The number of carboxylic acid groups (broad SMARTS) is 2. The molecule has 1 aromatic heterocycles. The normalized spacial score (nSPS) is 11.5. The molecule has 0 bridgehead atoms. The summed E-state index contributed by atoms with van der Waals surface area (Å²) in [5.74, 6) is -2.48. The lowest BCUT2D eigenvalue weighted by Crippen LogP contribution is -2.34. The molecule has 0 aliphatic carbocycles. The molecule has 4 aromatic rings. The molecule has 1 atom stereocenters. The molecule has 8 nitrogen and oxygen atoms in total. The standard InChI is InChI=1S/C25H19NO2.C6H12N2O3/c27-24(28)23-17-16-22(18-26-23)25(19-10-4-1-5-11-19,20-12-6-2-7-13-20)21-14-8-3-9-15-21;1-8-4(6(10)11)2-3-5(7)9/h1-18H,(H,27,28);4,8H,2-3H2,1H3,(H2,7,9)(H,10,11). The van der Waals surface area contributed by atoms with Crippen LogP contribution in [0.15, 0.2) is 109 Å². The summed E-state index contributed by atoms with van der Waals surface area (Å²) in [4.78, 5) is 36.1. The largest absolute Gasteiger partial charge is 0.480 e. The van der Waals surface area contributed by atoms with Crippen molar-refractivity contribution in [1.82, 2.24) is 10.3 Å². The van der Waals surface area contributed by atoms with Gasteiger partial charge in [-0.1, -0.05) is 97.1 Å². The average molecular weight is 526 g/mol. The number of likely N-dealkylation sites (N-methyl/N-ethyl adjacent to an activating group) is 1. The van der Waals surface area contributed by atoms with E-state index in [1.165, 1.54) is 7.05 Å². The van der Waals surface area contributed by atoms with E-state index < -0.39 is 29.3 Å². The number of nitrogens with zero attached hydrogens (tertiary/aromatic N) is 1. The maximum Gasteiger partial charge on any atom is 0.354 e. The Morgan fingerprint density at radius 1 is 0.769 bits per heavy atom. The van der Waals surface area contributed by atoms with Gasteiger partial charge in [-0.3, -0.25) is 9.59 Å². The van der Waals surface area contributed by atoms with Gasteiger partial charge in [0.1, 0.15) is 11.7 Å². The first-order valence-corrected chi connectivity index (χ1v) is 12.4. The van der Waals surface area contributed by atoms with Crippen molar-refractivity contribution in [3.63, 3.8) is 0 Å². The fourth-order valence-corrected chi connectivity index (χ4v) is 4.48. The summed E-state index contributed by atoms with van der Waals surface area (Å²) < 4.78 is 0. The number of aliphatic carboxylic acids is 1. The highest BCUT2D eigenvalue weighted by molar-refractivity contribution is 5.85. The van der Waals surface area contributed by atoms with Crippen LogP contribution < -0.4 is 11.1 Å². The van der Waals surface area contributed by atoms with Crippen molar-refractivity contribution in [2.24, 2.45) is 5.73 Å². The fraction of sp³-hybridized carbons (Fsp3) is 0.161. The van der Waals surface area contributed by atoms with Crippen LogP contribution in [0.25, 0.3) is 0 Å². The first-order chi connectivity index (χ1) is 18.8. The predicted molar refractivity (Wildman–Crippen MR) is 148 cm³/mol. The number of amides is 1. The van der Waals surface area contributed by atoms with Gasteiger partial charge in [0.25, 0.3) is 0 Å². The minimum absolute atomic E-state index is 0.0341. The quantitative estimate of drug-likeness (QED) is 0.228. The number of rotatable bonds is 10. The van der Waals surface area contributed by atoms with Gasteiger partial charge in [-0.05, 0) is 41.8 Å². The zero-order chi connectivity index (χ0) is 28.3. The molecule has 3 aromatic carbocycles. The predicted octanol–water partition coefficient (Wildman–Crippen LogP) is 4.09. The molecule has 1 heterocycles. The molecule has 1 unspecified atom stereocenters. The molecule has 0 radical (unpaired) electrons. The van der Waals surface area contributed by atoms with Crippen LogP contribution in [0.3, 0.4) is 0 Å². The van der Waals surface area contributed by atoms with E-state index in [1.54, 1.807) is 12.3 Å². The average Bonchev–Trinajstić information content (AvgIpc) is 2.96. The Morgan fingerprint density at radius 3 is 1.54 bits per heavy atom. The minimum Gasteiger partial charge on any atom is -0.480 e. The van der Waals surface area contributed by atoms with Crippen LogP contribution in [0.4, 0.5) is 0 Å². The Hall–Kier alpha value is -4.82. The summed E-state index contributed by atoms with van der Waals surface area (Å²) >= 11 is 0. The first-order valence-electron chi connectivity index (χ1n) is 12.4. The highest BCUT2D eigenvalue weighted by atomic mass is 16.4. The van der Waals surface area contributed by atoms with Crippen molar-refractivity contribution in [3.8, 4) is 0 Å². The summed E-state index contributed by atoms with van der Waals surface area (Å²) in [7, 11) is 1.53. The molecule has 0 aliphatic rings. The zero-order valence-electron chi connectivity index (χ0n) is 21.5. The first kappa shape index (κ1) is 28.7. The van der Waals surface area contributed by atoms with Crippen LogP contribution in [-0.4, -0.2) is 46.1 Å². The van der Waals surface area contributed by atoms with Gasteiger partial charge < -0.3 is 21.3 Å². The van der Waals surface area contributed by atoms with Gasteiger partial charge in [0.2, 0.25) is 5.91 Å². The van der Waals surface area contributed by atoms with Crippen molar-refractivity contribution >= 4 is 17.8 Å². The lowest BCUT2D eigenvalue weighted by atomic mass is 9.65. The second-order valence-electron chi connectivity index (χ2n) is 8.77. The van der Waals surface area contributed by atoms with Gasteiger partial charge in [0, 0.05) is 12.6 Å². The van der Waals surface area contributed by atoms with Crippen molar-refractivity contribution < 1.29 is 24.6 Å². The van der Waals surface area contributed by atoms with Crippen molar-refractivity contribution in [1.29, 1.82) is 0 Å². The number of carboxylic acids is 2. The molecule has 4 rings (SSSR count). The van der Waals surface area contributed by atoms with E-state index in [0.29, 0.717) is 0 Å². The Labute approximate surface area is 227 Å². The van der Waals surface area contributed by atoms with Gasteiger partial charge >= 0.3 is 11.9 Å². The van der Waals surface area contributed by atoms with Crippen LogP contribution in [0.1, 0.15) is 45.6 Å². The number of benzene rings is 3. The second-order valence-corrected chi connectivity index (χ2v) is 8.77. The minimum atomic E-state index is -1.03. The second kappa shape index (κ2) is 13.6. The van der Waals surface area contributed by atoms with Gasteiger partial charge in [0.15, 0.2) is 0 Å². The Bertz CT molecular complexity index is 1270. The lowest BCUT2D eigenvalue weighted by molar-refractivity contribution is -0.139. The smallest absolute Gasteiger partial charge is 0.354 e. The van der Waals surface area contributed by atoms with Crippen molar-refractivity contribution in [2.45, 2.75) is 24.3 Å². The Morgan fingerprint density at radius 2 is 1.23 bits per heavy atom. The SMILES string of the molecule is CNC(CCC(N)=O)C(=O)O.O=C(O)c1ccc(C(c2ccccc2)(c2ccccc2)c2ccccc2)cn1. The molecule has 0 spiro atoms.